The van der Waals surface area contributed by atoms with Gasteiger partial charge in [-0.1, -0.05) is 30.1 Å². The predicted octanol–water partition coefficient (Wildman–Crippen LogP) is 2.79. The van der Waals surface area contributed by atoms with Crippen molar-refractivity contribution in [2.24, 2.45) is 0 Å². The largest absolute Gasteiger partial charge is 0.487 e. The number of fused-ring (bicyclic) bond motifs is 1. The molecule has 0 saturated carbocycles. The van der Waals surface area contributed by atoms with Gasteiger partial charge in [-0.3, -0.25) is 0 Å². The van der Waals surface area contributed by atoms with E-state index in [9.17, 15) is 8.42 Å². The van der Waals surface area contributed by atoms with E-state index in [1.807, 2.05) is 6.08 Å². The van der Waals surface area contributed by atoms with Crippen LogP contribution in [0.5, 0.6) is 5.75 Å². The van der Waals surface area contributed by atoms with Crippen molar-refractivity contribution in [3.63, 3.8) is 0 Å². The quantitative estimate of drug-likeness (QED) is 0.802. The number of hydrogen-bond acceptors (Lipinski definition) is 4. The minimum absolute atomic E-state index is 0.145. The van der Waals surface area contributed by atoms with Crippen LogP contribution in [0.15, 0.2) is 17.7 Å². The molecule has 0 fully saturated rings. The third-order valence-electron chi connectivity index (χ3n) is 3.18. The number of hydrogen-bond donors (Lipinski definition) is 1. The molecule has 0 saturated heterocycles. The van der Waals surface area contributed by atoms with Gasteiger partial charge in [0.05, 0.1) is 10.8 Å². The fraction of sp³-hybridized carbons (Fsp3) is 0.429. The van der Waals surface area contributed by atoms with E-state index >= 15 is 0 Å². The first-order valence-corrected chi connectivity index (χ1v) is 9.21. The zero-order valence-corrected chi connectivity index (χ0v) is 14.0. The Kier molecular flexibility index (Phi) is 5.54. The fourth-order valence-corrected chi connectivity index (χ4v) is 3.30. The molecule has 1 aromatic rings. The number of halogens is 2. The lowest BCUT2D eigenvalue weighted by atomic mass is 10.1. The van der Waals surface area contributed by atoms with Crippen molar-refractivity contribution in [1.82, 2.24) is 5.32 Å². The molecule has 0 amide bonds. The van der Waals surface area contributed by atoms with Crippen LogP contribution in [0.3, 0.4) is 0 Å². The second-order valence-corrected chi connectivity index (χ2v) is 8.13. The van der Waals surface area contributed by atoms with Crippen LogP contribution in [0.25, 0.3) is 6.08 Å². The molecule has 0 radical (unpaired) electrons. The highest BCUT2D eigenvalue weighted by molar-refractivity contribution is 7.91. The first kappa shape index (κ1) is 16.6. The topological polar surface area (TPSA) is 55.4 Å². The lowest BCUT2D eigenvalue weighted by Crippen LogP contribution is -2.27. The molecule has 0 bridgehead atoms. The van der Waals surface area contributed by atoms with Crippen LogP contribution in [-0.4, -0.2) is 39.6 Å². The van der Waals surface area contributed by atoms with E-state index in [2.05, 4.69) is 5.32 Å². The summed E-state index contributed by atoms with van der Waals surface area (Å²) in [6.07, 6.45) is 1.97. The number of benzene rings is 1. The van der Waals surface area contributed by atoms with Crippen molar-refractivity contribution in [2.45, 2.75) is 6.92 Å². The lowest BCUT2D eigenvalue weighted by molar-refractivity contribution is 0.343. The normalized spacial score (nSPS) is 14.3. The second kappa shape index (κ2) is 7.01. The average molecular weight is 350 g/mol. The predicted molar refractivity (Wildman–Crippen MR) is 87.1 cm³/mol. The molecule has 4 nitrogen and oxygen atoms in total. The Morgan fingerprint density at radius 3 is 2.81 bits per heavy atom. The van der Waals surface area contributed by atoms with E-state index in [0.29, 0.717) is 35.5 Å². The Labute approximate surface area is 135 Å². The van der Waals surface area contributed by atoms with Crippen LogP contribution in [0.2, 0.25) is 10.0 Å². The zero-order chi connectivity index (χ0) is 15.5. The summed E-state index contributed by atoms with van der Waals surface area (Å²) in [4.78, 5) is 0. The monoisotopic (exact) mass is 349 g/mol. The Morgan fingerprint density at radius 1 is 1.33 bits per heavy atom. The molecule has 21 heavy (non-hydrogen) atoms. The summed E-state index contributed by atoms with van der Waals surface area (Å²) in [5.74, 6) is 0.954. The summed E-state index contributed by atoms with van der Waals surface area (Å²) in [6, 6.07) is 3.44. The molecular weight excluding hydrogens is 333 g/mol. The highest BCUT2D eigenvalue weighted by Crippen LogP contribution is 2.36. The van der Waals surface area contributed by atoms with Gasteiger partial charge in [-0.2, -0.15) is 0 Å². The first-order chi connectivity index (χ1) is 9.91. The van der Waals surface area contributed by atoms with Crippen molar-refractivity contribution in [3.05, 3.63) is 33.3 Å². The van der Waals surface area contributed by atoms with Crippen molar-refractivity contribution in [1.29, 1.82) is 0 Å². The van der Waals surface area contributed by atoms with E-state index in [4.69, 9.17) is 27.9 Å². The summed E-state index contributed by atoms with van der Waals surface area (Å²) in [7, 11) is -2.93. The van der Waals surface area contributed by atoms with E-state index in [1.165, 1.54) is 0 Å². The number of ether oxygens (including phenoxy) is 1. The van der Waals surface area contributed by atoms with Crippen LogP contribution >= 0.6 is 23.2 Å². The number of nitrogens with one attached hydrogen (secondary N) is 1. The van der Waals surface area contributed by atoms with E-state index in [0.717, 1.165) is 11.1 Å². The summed E-state index contributed by atoms with van der Waals surface area (Å²) >= 11 is 12.0. The van der Waals surface area contributed by atoms with Gasteiger partial charge in [-0.15, -0.1) is 0 Å². The molecule has 0 spiro atoms. The van der Waals surface area contributed by atoms with Crippen LogP contribution in [0.1, 0.15) is 12.5 Å². The molecule has 0 aromatic heterocycles. The smallest absolute Gasteiger partial charge is 0.151 e. The highest BCUT2D eigenvalue weighted by Gasteiger charge is 2.15. The average Bonchev–Trinajstić information content (AvgIpc) is 2.43. The van der Waals surface area contributed by atoms with Crippen molar-refractivity contribution in [3.8, 4) is 5.75 Å². The molecule has 1 heterocycles. The molecule has 1 N–H and O–H groups in total. The van der Waals surface area contributed by atoms with Crippen LogP contribution in [0.4, 0.5) is 0 Å². The maximum Gasteiger partial charge on any atom is 0.151 e. The lowest BCUT2D eigenvalue weighted by Gasteiger charge is -2.19. The summed E-state index contributed by atoms with van der Waals surface area (Å²) < 4.78 is 28.4. The molecule has 7 heteroatoms. The van der Waals surface area contributed by atoms with Gasteiger partial charge in [0.1, 0.15) is 12.4 Å². The van der Waals surface area contributed by atoms with Crippen molar-refractivity contribution in [2.75, 3.05) is 31.2 Å². The molecule has 0 unspecified atom stereocenters. The van der Waals surface area contributed by atoms with Gasteiger partial charge < -0.3 is 10.1 Å². The Bertz CT molecular complexity index is 656. The van der Waals surface area contributed by atoms with Gasteiger partial charge in [0.15, 0.2) is 9.84 Å². The minimum Gasteiger partial charge on any atom is -0.487 e. The molecule has 1 aliphatic rings. The van der Waals surface area contributed by atoms with Crippen LogP contribution < -0.4 is 10.1 Å². The van der Waals surface area contributed by atoms with E-state index in [1.54, 1.807) is 19.1 Å². The molecule has 116 valence electrons. The SMILES string of the molecule is CCS(=O)(=O)CCNCC1=Cc2cc(Cl)cc(Cl)c2OC1. The Balaban J connectivity index is 1.95. The van der Waals surface area contributed by atoms with Gasteiger partial charge in [0, 0.05) is 29.4 Å². The van der Waals surface area contributed by atoms with Gasteiger partial charge in [0.2, 0.25) is 0 Å². The molecule has 1 aromatic carbocycles. The van der Waals surface area contributed by atoms with Crippen LogP contribution in [0, 0.1) is 0 Å². The molecule has 2 rings (SSSR count). The van der Waals surface area contributed by atoms with Crippen molar-refractivity contribution >= 4 is 39.1 Å². The van der Waals surface area contributed by atoms with Gasteiger partial charge in [-0.05, 0) is 23.8 Å². The summed E-state index contributed by atoms with van der Waals surface area (Å²) in [6.45, 7) is 3.08. The standard InChI is InChI=1S/C14H17Cl2NO3S/c1-2-21(18,19)4-3-17-8-10-5-11-6-12(15)7-13(16)14(11)20-9-10/h5-7,17H,2-4,8-9H2,1H3. The second-order valence-electron chi connectivity index (χ2n) is 4.81. The maximum absolute atomic E-state index is 11.4. The number of rotatable bonds is 6. The number of sulfone groups is 1. The zero-order valence-electron chi connectivity index (χ0n) is 11.7. The molecule has 1 aliphatic heterocycles. The highest BCUT2D eigenvalue weighted by atomic mass is 35.5. The fourth-order valence-electron chi connectivity index (χ4n) is 1.99. The van der Waals surface area contributed by atoms with Gasteiger partial charge >= 0.3 is 0 Å². The maximum atomic E-state index is 11.4. The Morgan fingerprint density at radius 2 is 2.10 bits per heavy atom. The Hall–Kier alpha value is -0.750. The van der Waals surface area contributed by atoms with E-state index in [-0.39, 0.29) is 11.5 Å². The van der Waals surface area contributed by atoms with Crippen molar-refractivity contribution < 1.29 is 13.2 Å². The summed E-state index contributed by atoms with van der Waals surface area (Å²) in [5, 5.41) is 4.16. The summed E-state index contributed by atoms with van der Waals surface area (Å²) in [5.41, 5.74) is 1.87. The third kappa shape index (κ3) is 4.61. The molecule has 0 aliphatic carbocycles. The van der Waals surface area contributed by atoms with Gasteiger partial charge in [-0.25, -0.2) is 8.42 Å². The first-order valence-electron chi connectivity index (χ1n) is 6.63. The van der Waals surface area contributed by atoms with Gasteiger partial charge in [0.25, 0.3) is 0 Å². The molecular formula is C14H17Cl2NO3S. The third-order valence-corrected chi connectivity index (χ3v) is 5.39. The molecule has 0 atom stereocenters. The van der Waals surface area contributed by atoms with E-state index < -0.39 is 9.84 Å². The minimum atomic E-state index is -2.93. The van der Waals surface area contributed by atoms with Crippen LogP contribution in [-0.2, 0) is 9.84 Å².